The zero-order valence-electron chi connectivity index (χ0n) is 32.3. The van der Waals surface area contributed by atoms with Crippen LogP contribution in [-0.2, 0) is 0 Å². The molecule has 0 bridgehead atoms. The highest BCUT2D eigenvalue weighted by molar-refractivity contribution is 7.26. The summed E-state index contributed by atoms with van der Waals surface area (Å²) in [5.41, 5.74) is 8.38. The standard InChI is InChI=1S/C54H28N6S/c1-56-50-44(31-14-4-2-5-15-31)39(30-55)51(59-40-22-12-10-20-37(40)46-41(59)24-25-43-47(46)38-21-11-13-23-42(38)61-43)45(32-16-6-3-7-17-32)52(50)60-53-48-35(26-28-57-53)33-18-8-9-19-34(33)36-27-29-58-54(60)49(36)48/h2-29H. The SMILES string of the molecule is [C-]#[N+]c1c(-c2ccccc2)c(C#N)c(-n2c3ccccc3c3c4c(ccc32)sc2ccccc24)c(-c2ccccc2)c1-n1c2nccc3c4ccccc4c4ccnc1c4c32. The van der Waals surface area contributed by atoms with Gasteiger partial charge in [-0.2, -0.15) is 5.26 Å². The second kappa shape index (κ2) is 12.6. The van der Waals surface area contributed by atoms with E-state index in [4.69, 9.17) is 16.5 Å². The van der Waals surface area contributed by atoms with Gasteiger partial charge in [0.25, 0.3) is 0 Å². The zero-order valence-corrected chi connectivity index (χ0v) is 33.1. The first kappa shape index (κ1) is 33.6. The van der Waals surface area contributed by atoms with Gasteiger partial charge >= 0.3 is 0 Å². The van der Waals surface area contributed by atoms with E-state index in [2.05, 4.69) is 129 Å². The highest BCUT2D eigenvalue weighted by Crippen LogP contribution is 2.53. The van der Waals surface area contributed by atoms with Gasteiger partial charge in [-0.15, -0.1) is 11.3 Å². The Balaban J connectivity index is 1.32. The van der Waals surface area contributed by atoms with Crippen LogP contribution in [0.5, 0.6) is 0 Å². The number of benzene rings is 8. The topological polar surface area (TPSA) is 63.8 Å². The lowest BCUT2D eigenvalue weighted by Gasteiger charge is -2.25. The molecular formula is C54H28N6S. The van der Waals surface area contributed by atoms with Crippen molar-refractivity contribution in [1.82, 2.24) is 19.1 Å². The number of thiophene rings is 1. The predicted octanol–water partition coefficient (Wildman–Crippen LogP) is 14.5. The molecule has 0 saturated heterocycles. The first-order chi connectivity index (χ1) is 30.2. The van der Waals surface area contributed by atoms with Crippen molar-refractivity contribution in [2.24, 2.45) is 0 Å². The maximum atomic E-state index is 11.7. The van der Waals surface area contributed by atoms with Crippen molar-refractivity contribution in [3.05, 3.63) is 187 Å². The van der Waals surface area contributed by atoms with E-state index >= 15 is 0 Å². The van der Waals surface area contributed by atoms with Crippen LogP contribution in [0.4, 0.5) is 5.69 Å². The molecule has 6 nitrogen and oxygen atoms in total. The first-order valence-corrected chi connectivity index (χ1v) is 20.9. The fourth-order valence-corrected chi connectivity index (χ4v) is 11.2. The Bertz CT molecular complexity index is 3980. The average molecular weight is 793 g/mol. The Morgan fingerprint density at radius 2 is 1.05 bits per heavy atom. The van der Waals surface area contributed by atoms with E-state index < -0.39 is 0 Å². The Kier molecular flexibility index (Phi) is 6.92. The molecule has 0 aliphatic heterocycles. The molecule has 13 rings (SSSR count). The lowest BCUT2D eigenvalue weighted by Crippen LogP contribution is -2.09. The third-order valence-electron chi connectivity index (χ3n) is 12.4. The van der Waals surface area contributed by atoms with E-state index in [-0.39, 0.29) is 0 Å². The van der Waals surface area contributed by atoms with Crippen molar-refractivity contribution in [3.8, 4) is 39.7 Å². The van der Waals surface area contributed by atoms with Gasteiger partial charge in [-0.3, -0.25) is 4.57 Å². The van der Waals surface area contributed by atoms with Gasteiger partial charge in [0.05, 0.1) is 34.5 Å². The highest BCUT2D eigenvalue weighted by atomic mass is 32.1. The van der Waals surface area contributed by atoms with Gasteiger partial charge < -0.3 is 4.57 Å². The fourth-order valence-electron chi connectivity index (χ4n) is 10.1. The van der Waals surface area contributed by atoms with Gasteiger partial charge in [0.15, 0.2) is 0 Å². The smallest absolute Gasteiger partial charge is 0.220 e. The van der Waals surface area contributed by atoms with Crippen molar-refractivity contribution >= 4 is 103 Å². The molecule has 0 spiro atoms. The summed E-state index contributed by atoms with van der Waals surface area (Å²) in [6.45, 7) is 9.14. The summed E-state index contributed by atoms with van der Waals surface area (Å²) >= 11 is 1.80. The molecule has 8 aromatic carbocycles. The first-order valence-electron chi connectivity index (χ1n) is 20.1. The number of nitriles is 1. The molecule has 0 unspecified atom stereocenters. The Labute approximate surface area is 352 Å². The van der Waals surface area contributed by atoms with Crippen LogP contribution in [0.15, 0.2) is 170 Å². The van der Waals surface area contributed by atoms with Crippen molar-refractivity contribution in [2.75, 3.05) is 0 Å². The summed E-state index contributed by atoms with van der Waals surface area (Å²) in [6, 6.07) is 57.0. The van der Waals surface area contributed by atoms with E-state index in [0.29, 0.717) is 39.5 Å². The van der Waals surface area contributed by atoms with Gasteiger partial charge in [0.1, 0.15) is 17.4 Å². The zero-order chi connectivity index (χ0) is 40.3. The van der Waals surface area contributed by atoms with Gasteiger partial charge in [-0.25, -0.2) is 14.8 Å². The van der Waals surface area contributed by atoms with Gasteiger partial charge in [0, 0.05) is 65.2 Å². The Hall–Kier alpha value is -8.36. The number of hydrogen-bond donors (Lipinski definition) is 0. The summed E-state index contributed by atoms with van der Waals surface area (Å²) in [5.74, 6) is 0. The van der Waals surface area contributed by atoms with Crippen LogP contribution in [0.3, 0.4) is 0 Å². The van der Waals surface area contributed by atoms with E-state index in [1.54, 1.807) is 11.3 Å². The molecule has 280 valence electrons. The van der Waals surface area contributed by atoms with E-state index in [9.17, 15) is 5.26 Å². The molecule has 61 heavy (non-hydrogen) atoms. The van der Waals surface area contributed by atoms with E-state index in [0.717, 1.165) is 70.8 Å². The number of hydrogen-bond acceptors (Lipinski definition) is 4. The van der Waals surface area contributed by atoms with Crippen molar-refractivity contribution < 1.29 is 0 Å². The summed E-state index contributed by atoms with van der Waals surface area (Å²) in [5, 5.41) is 22.7. The van der Waals surface area contributed by atoms with Crippen LogP contribution in [0.1, 0.15) is 5.56 Å². The van der Waals surface area contributed by atoms with E-state index in [1.165, 1.54) is 20.2 Å². The molecule has 0 radical (unpaired) electrons. The molecule has 0 N–H and O–H groups in total. The third-order valence-corrected chi connectivity index (χ3v) is 13.6. The predicted molar refractivity (Wildman–Crippen MR) is 252 cm³/mol. The quantitative estimate of drug-likeness (QED) is 0.132. The number of fused-ring (bicyclic) bond motifs is 10. The lowest BCUT2D eigenvalue weighted by atomic mass is 9.88. The second-order valence-corrected chi connectivity index (χ2v) is 16.5. The Morgan fingerprint density at radius 1 is 0.475 bits per heavy atom. The molecule has 0 atom stereocenters. The molecule has 0 aliphatic rings. The molecule has 7 heteroatoms. The van der Waals surface area contributed by atoms with Crippen LogP contribution < -0.4 is 0 Å². The molecule has 0 saturated carbocycles. The van der Waals surface area contributed by atoms with Crippen LogP contribution >= 0.6 is 11.3 Å². The molecular weight excluding hydrogens is 765 g/mol. The van der Waals surface area contributed by atoms with Crippen molar-refractivity contribution in [1.29, 1.82) is 5.26 Å². The molecule has 13 aromatic rings. The van der Waals surface area contributed by atoms with Crippen LogP contribution in [0.2, 0.25) is 0 Å². The van der Waals surface area contributed by atoms with Crippen LogP contribution in [-0.4, -0.2) is 19.1 Å². The molecule has 5 heterocycles. The summed E-state index contributed by atoms with van der Waals surface area (Å²) in [7, 11) is 0. The molecule has 5 aromatic heterocycles. The number of pyridine rings is 2. The van der Waals surface area contributed by atoms with Crippen molar-refractivity contribution in [3.63, 3.8) is 0 Å². The minimum Gasteiger partial charge on any atom is -0.307 e. The minimum absolute atomic E-state index is 0.354. The molecule has 0 fully saturated rings. The van der Waals surface area contributed by atoms with E-state index in [1.807, 2.05) is 60.9 Å². The number of aromatic nitrogens is 4. The lowest BCUT2D eigenvalue weighted by molar-refractivity contribution is 1.09. The largest absolute Gasteiger partial charge is 0.307 e. The fraction of sp³-hybridized carbons (Fsp3) is 0. The van der Waals surface area contributed by atoms with Crippen LogP contribution in [0.25, 0.3) is 124 Å². The normalized spacial score (nSPS) is 11.9. The number of para-hydroxylation sites is 1. The molecule has 0 amide bonds. The summed E-state index contributed by atoms with van der Waals surface area (Å²) < 4.78 is 6.81. The Morgan fingerprint density at radius 3 is 1.69 bits per heavy atom. The summed E-state index contributed by atoms with van der Waals surface area (Å²) in [4.78, 5) is 14.8. The highest BCUT2D eigenvalue weighted by Gasteiger charge is 2.33. The number of nitrogens with zero attached hydrogens (tertiary/aromatic N) is 6. The van der Waals surface area contributed by atoms with Crippen LogP contribution in [0, 0.1) is 17.9 Å². The van der Waals surface area contributed by atoms with Gasteiger partial charge in [-0.1, -0.05) is 121 Å². The monoisotopic (exact) mass is 792 g/mol. The molecule has 0 aliphatic carbocycles. The average Bonchev–Trinajstić information content (AvgIpc) is 3.99. The number of rotatable bonds is 4. The summed E-state index contributed by atoms with van der Waals surface area (Å²) in [6.07, 6.45) is 3.72. The van der Waals surface area contributed by atoms with Crippen molar-refractivity contribution in [2.45, 2.75) is 0 Å². The minimum atomic E-state index is 0.354. The maximum absolute atomic E-state index is 11.7. The third kappa shape index (κ3) is 4.42. The van der Waals surface area contributed by atoms with Gasteiger partial charge in [-0.05, 0) is 69.1 Å². The second-order valence-electron chi connectivity index (χ2n) is 15.4. The van der Waals surface area contributed by atoms with Gasteiger partial charge in [0.2, 0.25) is 5.69 Å². The maximum Gasteiger partial charge on any atom is 0.220 e.